The molecule has 0 aromatic rings. The molecule has 4 nitrogen and oxygen atoms in total. The van der Waals surface area contributed by atoms with Gasteiger partial charge < -0.3 is 10.2 Å². The van der Waals surface area contributed by atoms with Crippen LogP contribution in [0.15, 0.2) is 0 Å². The van der Waals surface area contributed by atoms with Gasteiger partial charge in [-0.1, -0.05) is 6.92 Å². The predicted molar refractivity (Wildman–Crippen MR) is 68.8 cm³/mol. The zero-order valence-corrected chi connectivity index (χ0v) is 11.3. The fraction of sp³-hybridized carbons (Fsp3) is 0.833. The van der Waals surface area contributed by atoms with E-state index in [2.05, 4.69) is 19.2 Å². The van der Waals surface area contributed by atoms with Crippen molar-refractivity contribution in [3.63, 3.8) is 0 Å². The van der Waals surface area contributed by atoms with E-state index in [4.69, 9.17) is 0 Å². The molecular formula is C12H20N2O2S. The minimum Gasteiger partial charge on any atom is -0.356 e. The minimum atomic E-state index is -0.0958. The molecule has 2 heterocycles. The average Bonchev–Trinajstić information content (AvgIpc) is 2.32. The van der Waals surface area contributed by atoms with Gasteiger partial charge in [0.2, 0.25) is 11.8 Å². The topological polar surface area (TPSA) is 49.4 Å². The summed E-state index contributed by atoms with van der Waals surface area (Å²) in [6.45, 7) is 5.74. The van der Waals surface area contributed by atoms with Crippen molar-refractivity contribution in [1.29, 1.82) is 0 Å². The summed E-state index contributed by atoms with van der Waals surface area (Å²) in [5.41, 5.74) is 0. The summed E-state index contributed by atoms with van der Waals surface area (Å²) in [4.78, 5) is 25.7. The standard InChI is InChI=1S/C12H20N2O2S/c1-8-9(2)17-6-5-14(8)12(16)10-3-4-13-11(15)7-10/h8-10H,3-7H2,1-2H3,(H,13,15). The smallest absolute Gasteiger partial charge is 0.226 e. The molecule has 2 saturated heterocycles. The van der Waals surface area contributed by atoms with E-state index in [0.717, 1.165) is 18.7 Å². The number of carbonyl (C=O) groups is 2. The molecule has 0 spiro atoms. The summed E-state index contributed by atoms with van der Waals surface area (Å²) in [5.74, 6) is 1.11. The van der Waals surface area contributed by atoms with Gasteiger partial charge in [-0.2, -0.15) is 11.8 Å². The van der Waals surface area contributed by atoms with E-state index in [1.807, 2.05) is 16.7 Å². The molecule has 3 unspecified atom stereocenters. The summed E-state index contributed by atoms with van der Waals surface area (Å²) in [6.07, 6.45) is 1.15. The van der Waals surface area contributed by atoms with Crippen molar-refractivity contribution in [2.75, 3.05) is 18.8 Å². The van der Waals surface area contributed by atoms with Crippen LogP contribution < -0.4 is 5.32 Å². The Labute approximate surface area is 106 Å². The molecule has 17 heavy (non-hydrogen) atoms. The second-order valence-corrected chi connectivity index (χ2v) is 6.37. The molecule has 0 radical (unpaired) electrons. The van der Waals surface area contributed by atoms with E-state index >= 15 is 0 Å². The molecule has 2 aliphatic rings. The molecule has 3 atom stereocenters. The summed E-state index contributed by atoms with van der Waals surface area (Å²) < 4.78 is 0. The maximum atomic E-state index is 12.4. The first-order valence-corrected chi connectivity index (χ1v) is 7.33. The number of hydrogen-bond acceptors (Lipinski definition) is 3. The molecule has 0 aliphatic carbocycles. The lowest BCUT2D eigenvalue weighted by Gasteiger charge is -2.39. The Morgan fingerprint density at radius 2 is 2.24 bits per heavy atom. The molecule has 0 aromatic heterocycles. The zero-order chi connectivity index (χ0) is 12.4. The van der Waals surface area contributed by atoms with Crippen molar-refractivity contribution in [1.82, 2.24) is 10.2 Å². The highest BCUT2D eigenvalue weighted by Gasteiger charge is 2.34. The SMILES string of the molecule is CC1SCCN(C(=O)C2CCNC(=O)C2)C1C. The Morgan fingerprint density at radius 1 is 1.47 bits per heavy atom. The molecule has 2 amide bonds. The van der Waals surface area contributed by atoms with Crippen molar-refractivity contribution in [2.24, 2.45) is 5.92 Å². The quantitative estimate of drug-likeness (QED) is 0.757. The summed E-state index contributed by atoms with van der Waals surface area (Å²) >= 11 is 1.92. The lowest BCUT2D eigenvalue weighted by molar-refractivity contribution is -0.141. The monoisotopic (exact) mass is 256 g/mol. The van der Waals surface area contributed by atoms with Gasteiger partial charge in [-0.15, -0.1) is 0 Å². The van der Waals surface area contributed by atoms with Gasteiger partial charge in [0.25, 0.3) is 0 Å². The van der Waals surface area contributed by atoms with Crippen LogP contribution in [0.5, 0.6) is 0 Å². The second-order valence-electron chi connectivity index (χ2n) is 4.89. The van der Waals surface area contributed by atoms with Gasteiger partial charge in [-0.3, -0.25) is 9.59 Å². The number of hydrogen-bond donors (Lipinski definition) is 1. The Morgan fingerprint density at radius 3 is 2.94 bits per heavy atom. The Hall–Kier alpha value is -0.710. The third-order valence-corrected chi connectivity index (χ3v) is 5.10. The van der Waals surface area contributed by atoms with E-state index in [-0.39, 0.29) is 23.8 Å². The highest BCUT2D eigenvalue weighted by molar-refractivity contribution is 8.00. The highest BCUT2D eigenvalue weighted by atomic mass is 32.2. The van der Waals surface area contributed by atoms with Gasteiger partial charge in [-0.25, -0.2) is 0 Å². The Bertz CT molecular complexity index is 322. The summed E-state index contributed by atoms with van der Waals surface area (Å²) in [5, 5.41) is 3.27. The van der Waals surface area contributed by atoms with Crippen LogP contribution in [0.4, 0.5) is 0 Å². The van der Waals surface area contributed by atoms with Crippen LogP contribution in [0.25, 0.3) is 0 Å². The molecule has 0 aromatic carbocycles. The number of nitrogens with one attached hydrogen (secondary N) is 1. The third-order valence-electron chi connectivity index (χ3n) is 3.76. The first kappa shape index (κ1) is 12.7. The van der Waals surface area contributed by atoms with Crippen molar-refractivity contribution in [3.05, 3.63) is 0 Å². The third kappa shape index (κ3) is 2.76. The zero-order valence-electron chi connectivity index (χ0n) is 10.4. The minimum absolute atomic E-state index is 0.0154. The molecule has 0 saturated carbocycles. The summed E-state index contributed by atoms with van der Waals surface area (Å²) in [6, 6.07) is 0.284. The number of carbonyl (C=O) groups excluding carboxylic acids is 2. The van der Waals surface area contributed by atoms with Crippen LogP contribution in [0, 0.1) is 5.92 Å². The average molecular weight is 256 g/mol. The van der Waals surface area contributed by atoms with Gasteiger partial charge in [0.05, 0.1) is 0 Å². The largest absolute Gasteiger partial charge is 0.356 e. The normalized spacial score (nSPS) is 34.4. The summed E-state index contributed by atoms with van der Waals surface area (Å²) in [7, 11) is 0. The van der Waals surface area contributed by atoms with E-state index in [1.165, 1.54) is 0 Å². The molecule has 5 heteroatoms. The van der Waals surface area contributed by atoms with Gasteiger partial charge in [0, 0.05) is 42.5 Å². The fourth-order valence-corrected chi connectivity index (χ4v) is 3.57. The highest BCUT2D eigenvalue weighted by Crippen LogP contribution is 2.27. The van der Waals surface area contributed by atoms with Crippen molar-refractivity contribution in [2.45, 2.75) is 38.0 Å². The van der Waals surface area contributed by atoms with Crippen LogP contribution >= 0.6 is 11.8 Å². The predicted octanol–water partition coefficient (Wildman–Crippen LogP) is 0.865. The van der Waals surface area contributed by atoms with Crippen molar-refractivity contribution in [3.8, 4) is 0 Å². The number of amides is 2. The van der Waals surface area contributed by atoms with Crippen LogP contribution in [0.1, 0.15) is 26.7 Å². The van der Waals surface area contributed by atoms with E-state index < -0.39 is 0 Å². The number of rotatable bonds is 1. The maximum Gasteiger partial charge on any atom is 0.226 e. The first-order chi connectivity index (χ1) is 8.09. The van der Waals surface area contributed by atoms with Gasteiger partial charge in [-0.05, 0) is 13.3 Å². The van der Waals surface area contributed by atoms with Gasteiger partial charge in [0.15, 0.2) is 0 Å². The molecule has 2 aliphatic heterocycles. The van der Waals surface area contributed by atoms with E-state index in [0.29, 0.717) is 18.2 Å². The van der Waals surface area contributed by atoms with E-state index in [9.17, 15) is 9.59 Å². The molecule has 2 fully saturated rings. The van der Waals surface area contributed by atoms with Crippen LogP contribution in [0.3, 0.4) is 0 Å². The number of nitrogens with zero attached hydrogens (tertiary/aromatic N) is 1. The van der Waals surface area contributed by atoms with Crippen LogP contribution in [-0.4, -0.2) is 46.8 Å². The number of thioether (sulfide) groups is 1. The number of piperidine rings is 1. The lowest BCUT2D eigenvalue weighted by Crippen LogP contribution is -2.52. The molecule has 2 rings (SSSR count). The Balaban J connectivity index is 2.00. The van der Waals surface area contributed by atoms with Crippen molar-refractivity contribution < 1.29 is 9.59 Å². The Kier molecular flexibility index (Phi) is 3.97. The first-order valence-electron chi connectivity index (χ1n) is 6.28. The molecule has 0 bridgehead atoms. The second kappa shape index (κ2) is 5.29. The van der Waals surface area contributed by atoms with E-state index in [1.54, 1.807) is 0 Å². The van der Waals surface area contributed by atoms with Crippen molar-refractivity contribution >= 4 is 23.6 Å². The molecule has 96 valence electrons. The maximum absolute atomic E-state index is 12.4. The van der Waals surface area contributed by atoms with Crippen LogP contribution in [0.2, 0.25) is 0 Å². The molecular weight excluding hydrogens is 236 g/mol. The fourth-order valence-electron chi connectivity index (χ4n) is 2.47. The van der Waals surface area contributed by atoms with Gasteiger partial charge in [0.1, 0.15) is 0 Å². The van der Waals surface area contributed by atoms with Gasteiger partial charge >= 0.3 is 0 Å². The molecule has 1 N–H and O–H groups in total. The lowest BCUT2D eigenvalue weighted by atomic mass is 9.95. The van der Waals surface area contributed by atoms with Crippen LogP contribution in [-0.2, 0) is 9.59 Å².